The zero-order valence-electron chi connectivity index (χ0n) is 16.3. The molecule has 2 aromatic carbocycles. The molecule has 0 heterocycles. The fourth-order valence-electron chi connectivity index (χ4n) is 3.48. The molecule has 0 aliphatic heterocycles. The molecule has 144 valence electrons. The molecule has 0 saturated heterocycles. The fraction of sp³-hybridized carbons (Fsp3) is 0.435. The van der Waals surface area contributed by atoms with E-state index in [0.29, 0.717) is 19.6 Å². The number of aryl methyl sites for hydroxylation is 2. The Balaban J connectivity index is 1.58. The lowest BCUT2D eigenvalue weighted by molar-refractivity contribution is -0.128. The van der Waals surface area contributed by atoms with Crippen molar-refractivity contribution in [3.8, 4) is 11.5 Å². The van der Waals surface area contributed by atoms with Crippen molar-refractivity contribution in [2.24, 2.45) is 0 Å². The Morgan fingerprint density at radius 1 is 1.04 bits per heavy atom. The van der Waals surface area contributed by atoms with E-state index in [9.17, 15) is 4.79 Å². The summed E-state index contributed by atoms with van der Waals surface area (Å²) in [6.07, 6.45) is 4.88. The normalized spacial score (nSPS) is 14.1. The first-order valence-corrected chi connectivity index (χ1v) is 9.97. The molecule has 0 unspecified atom stereocenters. The molecule has 1 aliphatic rings. The highest BCUT2D eigenvalue weighted by Crippen LogP contribution is 2.26. The van der Waals surface area contributed by atoms with Crippen LogP contribution in [0.2, 0.25) is 0 Å². The summed E-state index contributed by atoms with van der Waals surface area (Å²) in [5, 5.41) is 2.98. The molecule has 0 bridgehead atoms. The van der Waals surface area contributed by atoms with Crippen molar-refractivity contribution in [2.75, 3.05) is 6.61 Å². The minimum Gasteiger partial charge on any atom is -0.494 e. The van der Waals surface area contributed by atoms with Crippen molar-refractivity contribution in [3.63, 3.8) is 0 Å². The van der Waals surface area contributed by atoms with Gasteiger partial charge in [-0.1, -0.05) is 25.1 Å². The lowest BCUT2D eigenvalue weighted by atomic mass is 9.92. The average Bonchev–Trinajstić information content (AvgIpc) is 2.70. The van der Waals surface area contributed by atoms with Gasteiger partial charge in [0.25, 0.3) is 5.91 Å². The van der Waals surface area contributed by atoms with Crippen LogP contribution >= 0.6 is 0 Å². The summed E-state index contributed by atoms with van der Waals surface area (Å²) < 4.78 is 11.5. The van der Waals surface area contributed by atoms with Crippen LogP contribution in [0.3, 0.4) is 0 Å². The summed E-state index contributed by atoms with van der Waals surface area (Å²) in [6.45, 7) is 5.02. The van der Waals surface area contributed by atoms with E-state index in [4.69, 9.17) is 9.47 Å². The maximum absolute atomic E-state index is 12.6. The standard InChI is InChI=1S/C23H29NO3/c1-3-22(27-21-13-12-18-9-5-6-10-19(18)15-21)23(25)24-16-17-8-7-11-20(14-17)26-4-2/h7-8,11-15,22H,3-6,9-10,16H2,1-2H3,(H,24,25)/t22-/m1/s1. The summed E-state index contributed by atoms with van der Waals surface area (Å²) in [7, 11) is 0. The highest BCUT2D eigenvalue weighted by atomic mass is 16.5. The van der Waals surface area contributed by atoms with Gasteiger partial charge in [-0.2, -0.15) is 0 Å². The third kappa shape index (κ3) is 5.25. The van der Waals surface area contributed by atoms with E-state index in [1.807, 2.05) is 44.2 Å². The molecular weight excluding hydrogens is 338 g/mol. The topological polar surface area (TPSA) is 47.6 Å². The third-order valence-electron chi connectivity index (χ3n) is 4.94. The van der Waals surface area contributed by atoms with Gasteiger partial charge in [0.1, 0.15) is 11.5 Å². The molecule has 0 spiro atoms. The van der Waals surface area contributed by atoms with Gasteiger partial charge in [-0.25, -0.2) is 0 Å². The Hall–Kier alpha value is -2.49. The highest BCUT2D eigenvalue weighted by Gasteiger charge is 2.19. The van der Waals surface area contributed by atoms with E-state index in [0.717, 1.165) is 29.9 Å². The monoisotopic (exact) mass is 367 g/mol. The number of carbonyl (C=O) groups excluding carboxylic acids is 1. The molecule has 4 heteroatoms. The number of rotatable bonds is 8. The average molecular weight is 367 g/mol. The third-order valence-corrected chi connectivity index (χ3v) is 4.94. The predicted molar refractivity (Wildman–Crippen MR) is 107 cm³/mol. The molecule has 1 atom stereocenters. The maximum Gasteiger partial charge on any atom is 0.261 e. The second kappa shape index (κ2) is 9.45. The summed E-state index contributed by atoms with van der Waals surface area (Å²) >= 11 is 0. The van der Waals surface area contributed by atoms with E-state index in [2.05, 4.69) is 17.4 Å². The summed E-state index contributed by atoms with van der Waals surface area (Å²) in [6, 6.07) is 14.0. The van der Waals surface area contributed by atoms with Gasteiger partial charge in [-0.05, 0) is 80.0 Å². The second-order valence-corrected chi connectivity index (χ2v) is 6.95. The van der Waals surface area contributed by atoms with E-state index in [1.165, 1.54) is 24.0 Å². The summed E-state index contributed by atoms with van der Waals surface area (Å²) in [4.78, 5) is 12.6. The number of ether oxygens (including phenoxy) is 2. The van der Waals surface area contributed by atoms with Crippen LogP contribution in [0.15, 0.2) is 42.5 Å². The van der Waals surface area contributed by atoms with Crippen LogP contribution < -0.4 is 14.8 Å². The smallest absolute Gasteiger partial charge is 0.261 e. The van der Waals surface area contributed by atoms with E-state index in [1.54, 1.807) is 0 Å². The van der Waals surface area contributed by atoms with Crippen molar-refractivity contribution in [1.29, 1.82) is 0 Å². The zero-order valence-corrected chi connectivity index (χ0v) is 16.3. The minimum atomic E-state index is -0.485. The molecule has 3 rings (SSSR count). The number of hydrogen-bond acceptors (Lipinski definition) is 3. The number of hydrogen-bond donors (Lipinski definition) is 1. The second-order valence-electron chi connectivity index (χ2n) is 6.95. The maximum atomic E-state index is 12.6. The van der Waals surface area contributed by atoms with Gasteiger partial charge in [-0.3, -0.25) is 4.79 Å². The van der Waals surface area contributed by atoms with Gasteiger partial charge in [0.15, 0.2) is 6.10 Å². The molecule has 1 amide bonds. The predicted octanol–water partition coefficient (Wildman–Crippen LogP) is 4.44. The van der Waals surface area contributed by atoms with Crippen molar-refractivity contribution in [2.45, 2.75) is 58.6 Å². The van der Waals surface area contributed by atoms with Crippen LogP contribution in [0.5, 0.6) is 11.5 Å². The van der Waals surface area contributed by atoms with Crippen LogP contribution in [0.25, 0.3) is 0 Å². The summed E-state index contributed by atoms with van der Waals surface area (Å²) in [5.41, 5.74) is 3.79. The van der Waals surface area contributed by atoms with E-state index < -0.39 is 6.10 Å². The van der Waals surface area contributed by atoms with Crippen LogP contribution in [0.4, 0.5) is 0 Å². The molecule has 1 aliphatic carbocycles. The first-order valence-electron chi connectivity index (χ1n) is 9.97. The van der Waals surface area contributed by atoms with Crippen LogP contribution in [0.1, 0.15) is 49.8 Å². The molecule has 0 radical (unpaired) electrons. The quantitative estimate of drug-likeness (QED) is 0.750. The molecule has 0 saturated carbocycles. The van der Waals surface area contributed by atoms with E-state index >= 15 is 0 Å². The van der Waals surface area contributed by atoms with Crippen molar-refractivity contribution in [3.05, 3.63) is 59.2 Å². The molecule has 1 N–H and O–H groups in total. The highest BCUT2D eigenvalue weighted by molar-refractivity contribution is 5.81. The van der Waals surface area contributed by atoms with Gasteiger partial charge >= 0.3 is 0 Å². The number of amides is 1. The Bertz CT molecular complexity index is 772. The first kappa shape index (κ1) is 19.3. The lowest BCUT2D eigenvalue weighted by Crippen LogP contribution is -2.37. The minimum absolute atomic E-state index is 0.0861. The molecule has 0 aromatic heterocycles. The first-order chi connectivity index (χ1) is 13.2. The van der Waals surface area contributed by atoms with Crippen molar-refractivity contribution in [1.82, 2.24) is 5.32 Å². The van der Waals surface area contributed by atoms with Crippen LogP contribution in [0, 0.1) is 0 Å². The Morgan fingerprint density at radius 2 is 1.85 bits per heavy atom. The van der Waals surface area contributed by atoms with Gasteiger partial charge in [0, 0.05) is 6.54 Å². The molecule has 0 fully saturated rings. The molecule has 4 nitrogen and oxygen atoms in total. The zero-order chi connectivity index (χ0) is 19.1. The Morgan fingerprint density at radius 3 is 2.63 bits per heavy atom. The number of carbonyl (C=O) groups is 1. The molecular formula is C23H29NO3. The SMILES string of the molecule is CCOc1cccc(CNC(=O)[C@@H](CC)Oc2ccc3c(c2)CCCC3)c1. The summed E-state index contributed by atoms with van der Waals surface area (Å²) in [5.74, 6) is 1.52. The van der Waals surface area contributed by atoms with Crippen molar-refractivity contribution < 1.29 is 14.3 Å². The molecule has 2 aromatic rings. The Kier molecular flexibility index (Phi) is 6.74. The van der Waals surface area contributed by atoms with E-state index in [-0.39, 0.29) is 5.91 Å². The largest absolute Gasteiger partial charge is 0.494 e. The fourth-order valence-corrected chi connectivity index (χ4v) is 3.48. The lowest BCUT2D eigenvalue weighted by Gasteiger charge is -2.20. The van der Waals surface area contributed by atoms with Crippen LogP contribution in [-0.2, 0) is 24.2 Å². The molecule has 27 heavy (non-hydrogen) atoms. The Labute approximate surface area is 161 Å². The van der Waals surface area contributed by atoms with Gasteiger partial charge < -0.3 is 14.8 Å². The number of benzene rings is 2. The number of nitrogens with one attached hydrogen (secondary N) is 1. The van der Waals surface area contributed by atoms with Gasteiger partial charge in [0.2, 0.25) is 0 Å². The van der Waals surface area contributed by atoms with Crippen molar-refractivity contribution >= 4 is 5.91 Å². The van der Waals surface area contributed by atoms with Gasteiger partial charge in [-0.15, -0.1) is 0 Å². The van der Waals surface area contributed by atoms with Crippen LogP contribution in [-0.4, -0.2) is 18.6 Å². The number of fused-ring (bicyclic) bond motifs is 1. The van der Waals surface area contributed by atoms with Gasteiger partial charge in [0.05, 0.1) is 6.61 Å².